The first-order chi connectivity index (χ1) is 17.2. The highest BCUT2D eigenvalue weighted by atomic mass is 16.6. The molecule has 1 N–H and O–H groups in total. The van der Waals surface area contributed by atoms with Crippen molar-refractivity contribution in [2.24, 2.45) is 21.7 Å². The molecular formula is C31H50O7. The topological polar surface area (TPSA) is 107 Å². The summed E-state index contributed by atoms with van der Waals surface area (Å²) in [7, 11) is 0. The molecule has 0 radical (unpaired) electrons. The van der Waals surface area contributed by atoms with Crippen molar-refractivity contribution < 1.29 is 33.8 Å². The lowest BCUT2D eigenvalue weighted by Crippen LogP contribution is -2.45. The summed E-state index contributed by atoms with van der Waals surface area (Å²) >= 11 is 0. The summed E-state index contributed by atoms with van der Waals surface area (Å²) in [4.78, 5) is 46.9. The van der Waals surface area contributed by atoms with E-state index >= 15 is 0 Å². The van der Waals surface area contributed by atoms with Crippen LogP contribution in [0.2, 0.25) is 0 Å². The third kappa shape index (κ3) is 12.2. The van der Waals surface area contributed by atoms with Gasteiger partial charge in [0.2, 0.25) is 0 Å². The number of esters is 2. The van der Waals surface area contributed by atoms with Gasteiger partial charge in [0.05, 0.1) is 16.5 Å². The van der Waals surface area contributed by atoms with Gasteiger partial charge in [0.1, 0.15) is 19.0 Å². The molecule has 1 rings (SSSR count). The maximum Gasteiger partial charge on any atom is 0.339 e. The van der Waals surface area contributed by atoms with Gasteiger partial charge in [-0.2, -0.15) is 0 Å². The number of aromatic carboxylic acids is 1. The molecule has 0 bridgehead atoms. The molecule has 0 heterocycles. The normalized spacial score (nSPS) is 13.4. The Morgan fingerprint density at radius 3 is 1.68 bits per heavy atom. The van der Waals surface area contributed by atoms with Crippen LogP contribution in [0.4, 0.5) is 0 Å². The number of carboxylic acid groups (broad SMARTS) is 1. The quantitative estimate of drug-likeness (QED) is 0.233. The first kappa shape index (κ1) is 35.3. The van der Waals surface area contributed by atoms with E-state index in [0.717, 1.165) is 19.3 Å². The van der Waals surface area contributed by atoms with E-state index in [0.29, 0.717) is 17.6 Å². The van der Waals surface area contributed by atoms with Crippen molar-refractivity contribution in [3.05, 3.63) is 35.4 Å². The smallest absolute Gasteiger partial charge is 0.339 e. The monoisotopic (exact) mass is 534 g/mol. The molecule has 0 aliphatic heterocycles. The van der Waals surface area contributed by atoms with E-state index in [4.69, 9.17) is 14.6 Å². The minimum atomic E-state index is -1.20. The molecule has 1 aromatic rings. The molecule has 0 saturated heterocycles. The molecule has 1 aromatic carbocycles. The molecular weight excluding hydrogens is 484 g/mol. The number of hydrogen-bond donors (Lipinski definition) is 1. The minimum Gasteiger partial charge on any atom is -0.478 e. The van der Waals surface area contributed by atoms with Crippen LogP contribution in [0.1, 0.15) is 123 Å². The van der Waals surface area contributed by atoms with Gasteiger partial charge < -0.3 is 19.4 Å². The minimum absolute atomic E-state index is 0.0315. The molecule has 0 spiro atoms. The highest BCUT2D eigenvalue weighted by Crippen LogP contribution is 2.49. The summed E-state index contributed by atoms with van der Waals surface area (Å²) in [5, 5.41) is 9.16. The van der Waals surface area contributed by atoms with Crippen LogP contribution in [0.15, 0.2) is 24.3 Å². The van der Waals surface area contributed by atoms with E-state index < -0.39 is 17.4 Å². The molecule has 7 nitrogen and oxygen atoms in total. The second-order valence-electron chi connectivity index (χ2n) is 13.2. The van der Waals surface area contributed by atoms with Gasteiger partial charge in [0.25, 0.3) is 0 Å². The Balaban J connectivity index is 0.00000129. The Morgan fingerprint density at radius 2 is 1.29 bits per heavy atom. The molecule has 0 aliphatic rings. The van der Waals surface area contributed by atoms with Gasteiger partial charge in [-0.25, -0.2) is 9.59 Å². The fraction of sp³-hybridized carbons (Fsp3) is 0.677. The van der Waals surface area contributed by atoms with E-state index in [1.54, 1.807) is 13.0 Å². The zero-order valence-electron chi connectivity index (χ0n) is 25.4. The van der Waals surface area contributed by atoms with Crippen molar-refractivity contribution in [1.82, 2.24) is 0 Å². The predicted molar refractivity (Wildman–Crippen MR) is 150 cm³/mol. The van der Waals surface area contributed by atoms with Gasteiger partial charge in [-0.15, -0.1) is 0 Å². The molecule has 0 amide bonds. The van der Waals surface area contributed by atoms with Crippen molar-refractivity contribution in [3.63, 3.8) is 0 Å². The summed E-state index contributed by atoms with van der Waals surface area (Å²) in [5.74, 6) is -1.99. The van der Waals surface area contributed by atoms with Gasteiger partial charge in [0.15, 0.2) is 0 Å². The van der Waals surface area contributed by atoms with Crippen LogP contribution >= 0.6 is 0 Å². The highest BCUT2D eigenvalue weighted by molar-refractivity contribution is 6.02. The van der Waals surface area contributed by atoms with Gasteiger partial charge in [-0.3, -0.25) is 4.79 Å². The third-order valence-electron chi connectivity index (χ3n) is 6.87. The number of hydrogen-bond acceptors (Lipinski definition) is 6. The molecule has 0 saturated carbocycles. The SMILES string of the molecule is CC(=O)CCC(C)(C)C.CCC(C)(C)C(C)(CC(C)(C)C)C(=O)OCCOC(=O)c1ccccc1C(=O)O. The summed E-state index contributed by atoms with van der Waals surface area (Å²) in [6.07, 6.45) is 3.20. The maximum atomic E-state index is 13.0. The van der Waals surface area contributed by atoms with Crippen LogP contribution < -0.4 is 0 Å². The lowest BCUT2D eigenvalue weighted by atomic mass is 9.59. The van der Waals surface area contributed by atoms with Crippen molar-refractivity contribution in [2.75, 3.05) is 13.2 Å². The summed E-state index contributed by atoms with van der Waals surface area (Å²) in [6.45, 7) is 22.2. The zero-order valence-corrected chi connectivity index (χ0v) is 25.4. The van der Waals surface area contributed by atoms with Crippen LogP contribution in [0.5, 0.6) is 0 Å². The molecule has 0 aromatic heterocycles. The fourth-order valence-corrected chi connectivity index (χ4v) is 3.94. The Kier molecular flexibility index (Phi) is 13.4. The Morgan fingerprint density at radius 1 is 0.789 bits per heavy atom. The lowest BCUT2D eigenvalue weighted by Gasteiger charge is -2.45. The molecule has 7 heteroatoms. The first-order valence-corrected chi connectivity index (χ1v) is 13.3. The summed E-state index contributed by atoms with van der Waals surface area (Å²) < 4.78 is 10.6. The number of Topliss-reactive ketones (excluding diaryl/α,β-unsaturated/α-hetero) is 1. The Bertz CT molecular complexity index is 948. The Hall–Kier alpha value is -2.70. The van der Waals surface area contributed by atoms with E-state index in [-0.39, 0.29) is 41.1 Å². The van der Waals surface area contributed by atoms with E-state index in [1.165, 1.54) is 18.2 Å². The Labute approximate surface area is 229 Å². The number of carbonyl (C=O) groups excluding carboxylic acids is 3. The van der Waals surface area contributed by atoms with Gasteiger partial charge in [-0.1, -0.05) is 74.4 Å². The standard InChI is InChI=1S/C23H34O6.C8H16O/c1-8-22(5,6)23(7,15-21(2,3)4)20(27)29-14-13-28-19(26)17-12-10-9-11-16(17)18(24)25;1-7(9)5-6-8(2,3)4/h9-12H,8,13-15H2,1-7H3,(H,24,25);5-6H2,1-4H3. The number of ether oxygens (including phenoxy) is 2. The van der Waals surface area contributed by atoms with Crippen LogP contribution in [-0.4, -0.2) is 42.0 Å². The second kappa shape index (κ2) is 14.5. The first-order valence-electron chi connectivity index (χ1n) is 13.3. The third-order valence-corrected chi connectivity index (χ3v) is 6.87. The van der Waals surface area contributed by atoms with Crippen LogP contribution in [0.3, 0.4) is 0 Å². The molecule has 1 atom stereocenters. The summed E-state index contributed by atoms with van der Waals surface area (Å²) in [5.41, 5.74) is -0.874. The predicted octanol–water partition coefficient (Wildman–Crippen LogP) is 7.37. The van der Waals surface area contributed by atoms with Gasteiger partial charge >= 0.3 is 17.9 Å². The molecule has 0 aliphatic carbocycles. The maximum absolute atomic E-state index is 13.0. The number of benzene rings is 1. The number of carbonyl (C=O) groups is 4. The number of rotatable bonds is 11. The lowest BCUT2D eigenvalue weighted by molar-refractivity contribution is -0.167. The molecule has 216 valence electrons. The van der Waals surface area contributed by atoms with Crippen molar-refractivity contribution >= 4 is 23.7 Å². The van der Waals surface area contributed by atoms with Crippen LogP contribution in [0, 0.1) is 21.7 Å². The van der Waals surface area contributed by atoms with Crippen molar-refractivity contribution in [1.29, 1.82) is 0 Å². The van der Waals surface area contributed by atoms with E-state index in [2.05, 4.69) is 62.3 Å². The average Bonchev–Trinajstić information content (AvgIpc) is 2.78. The van der Waals surface area contributed by atoms with Gasteiger partial charge in [-0.05, 0) is 61.5 Å². The van der Waals surface area contributed by atoms with Crippen LogP contribution in [0.25, 0.3) is 0 Å². The molecule has 38 heavy (non-hydrogen) atoms. The number of carboxylic acids is 1. The zero-order chi connectivity index (χ0) is 29.9. The number of ketones is 1. The molecule has 0 fully saturated rings. The fourth-order valence-electron chi connectivity index (χ4n) is 3.94. The van der Waals surface area contributed by atoms with Crippen LogP contribution in [-0.2, 0) is 19.1 Å². The second-order valence-corrected chi connectivity index (χ2v) is 13.2. The van der Waals surface area contributed by atoms with E-state index in [9.17, 15) is 19.2 Å². The van der Waals surface area contributed by atoms with Gasteiger partial charge in [0, 0.05) is 6.42 Å². The largest absolute Gasteiger partial charge is 0.478 e. The average molecular weight is 535 g/mol. The van der Waals surface area contributed by atoms with Crippen molar-refractivity contribution in [3.8, 4) is 0 Å². The van der Waals surface area contributed by atoms with E-state index in [1.807, 2.05) is 6.92 Å². The highest BCUT2D eigenvalue weighted by Gasteiger charge is 2.49. The van der Waals surface area contributed by atoms with Crippen molar-refractivity contribution in [2.45, 2.75) is 102 Å². The molecule has 1 unspecified atom stereocenters. The summed E-state index contributed by atoms with van der Waals surface area (Å²) in [6, 6.07) is 5.83.